The van der Waals surface area contributed by atoms with E-state index in [-0.39, 0.29) is 30.9 Å². The van der Waals surface area contributed by atoms with E-state index in [0.717, 1.165) is 0 Å². The Morgan fingerprint density at radius 1 is 1.00 bits per heavy atom. The van der Waals surface area contributed by atoms with Gasteiger partial charge in [-0.2, -0.15) is 10.4 Å². The normalized spacial score (nSPS) is 11.0. The maximum absolute atomic E-state index is 12.9. The second-order valence-electron chi connectivity index (χ2n) is 7.62. The maximum Gasteiger partial charge on any atom is 0.340 e. The molecule has 0 saturated carbocycles. The van der Waals surface area contributed by atoms with Crippen LogP contribution < -0.4 is 15.1 Å². The summed E-state index contributed by atoms with van der Waals surface area (Å²) in [5, 5.41) is 38.6. The van der Waals surface area contributed by atoms with E-state index in [2.05, 4.69) is 41.2 Å². The third kappa shape index (κ3) is 4.70. The Morgan fingerprint density at radius 2 is 1.67 bits per heavy atom. The van der Waals surface area contributed by atoms with Crippen LogP contribution in [0.15, 0.2) is 45.6 Å². The zero-order valence-corrected chi connectivity index (χ0v) is 18.7. The number of nitrogens with zero attached hydrogens (tertiary/aromatic N) is 7. The summed E-state index contributed by atoms with van der Waals surface area (Å²) in [4.78, 5) is 23.4. The summed E-state index contributed by atoms with van der Waals surface area (Å²) in [6, 6.07) is 9.19. The lowest BCUT2D eigenvalue weighted by Crippen LogP contribution is -2.12. The van der Waals surface area contributed by atoms with E-state index in [0.29, 0.717) is 45.2 Å². The largest absolute Gasteiger partial charge is 0.485 e. The summed E-state index contributed by atoms with van der Waals surface area (Å²) in [5.41, 5.74) is 1.40. The van der Waals surface area contributed by atoms with Crippen LogP contribution in [0.2, 0.25) is 0 Å². The molecule has 0 radical (unpaired) electrons. The smallest absolute Gasteiger partial charge is 0.340 e. The Hall–Kier alpha value is -5.21. The van der Waals surface area contributed by atoms with Gasteiger partial charge in [-0.05, 0) is 18.1 Å². The quantitative estimate of drug-likeness (QED) is 0.172. The fourth-order valence-electron chi connectivity index (χ4n) is 3.60. The average molecular weight is 491 g/mol. The van der Waals surface area contributed by atoms with Gasteiger partial charge in [-0.15, -0.1) is 20.4 Å². The molecule has 15 heteroatoms. The van der Waals surface area contributed by atoms with Gasteiger partial charge in [0.05, 0.1) is 10.3 Å². The van der Waals surface area contributed by atoms with Gasteiger partial charge in [0.1, 0.15) is 17.1 Å². The molecule has 0 aliphatic carbocycles. The van der Waals surface area contributed by atoms with Crippen LogP contribution in [0.4, 0.5) is 5.69 Å². The molecule has 36 heavy (non-hydrogen) atoms. The van der Waals surface area contributed by atoms with Gasteiger partial charge in [-0.25, -0.2) is 4.79 Å². The second kappa shape index (κ2) is 9.57. The Balaban J connectivity index is 1.53. The van der Waals surface area contributed by atoms with Gasteiger partial charge < -0.3 is 13.9 Å². The van der Waals surface area contributed by atoms with Crippen LogP contribution in [0.3, 0.4) is 0 Å². The molecule has 3 aromatic heterocycles. The number of fused-ring (bicyclic) bond motifs is 1. The fraction of sp³-hybridized carbons (Fsp3) is 0.190. The summed E-state index contributed by atoms with van der Waals surface area (Å²) < 4.78 is 17.3. The number of aromatic amines is 2. The SMILES string of the molecule is Cc1c(Cc2ccc([N+](=O)[O-])cc2)c(=O)oc2cc(OCc3nn[nH]n3)cc(OCc3nn[nH]n3)c12. The second-order valence-corrected chi connectivity index (χ2v) is 7.62. The van der Waals surface area contributed by atoms with Crippen molar-refractivity contribution >= 4 is 16.7 Å². The predicted molar refractivity (Wildman–Crippen MR) is 120 cm³/mol. The number of nitro groups is 1. The molecule has 5 aromatic rings. The Kier molecular flexibility index (Phi) is 6.00. The molecule has 0 unspecified atom stereocenters. The molecule has 3 heterocycles. The molecule has 0 atom stereocenters. The average Bonchev–Trinajstić information content (AvgIpc) is 3.58. The van der Waals surface area contributed by atoms with E-state index in [4.69, 9.17) is 13.9 Å². The van der Waals surface area contributed by atoms with Crippen molar-refractivity contribution in [3.8, 4) is 11.5 Å². The van der Waals surface area contributed by atoms with Crippen LogP contribution >= 0.6 is 0 Å². The van der Waals surface area contributed by atoms with E-state index >= 15 is 0 Å². The van der Waals surface area contributed by atoms with Crippen LogP contribution in [0.5, 0.6) is 11.5 Å². The van der Waals surface area contributed by atoms with Crippen molar-refractivity contribution in [3.05, 3.63) is 85.3 Å². The standard InChI is InChI=1S/C21H17N9O6/c1-11-15(6-12-2-4-13(5-3-12)30(32)33)21(31)36-17-8-14(34-9-18-22-26-27-23-18)7-16(20(11)17)35-10-19-24-28-29-25-19/h2-5,7-8H,6,9-10H2,1H3,(H,22,23,26,27)(H,24,25,28,29). The number of nitrogens with one attached hydrogen (secondary N) is 2. The van der Waals surface area contributed by atoms with Gasteiger partial charge in [-0.1, -0.05) is 22.6 Å². The van der Waals surface area contributed by atoms with Gasteiger partial charge in [-0.3, -0.25) is 10.1 Å². The van der Waals surface area contributed by atoms with Gasteiger partial charge in [0.2, 0.25) is 11.6 Å². The summed E-state index contributed by atoms with van der Waals surface area (Å²) in [5.74, 6) is 1.37. The highest BCUT2D eigenvalue weighted by atomic mass is 16.6. The minimum absolute atomic E-state index is 0.00382. The molecule has 0 aliphatic heterocycles. The van der Waals surface area contributed by atoms with Crippen molar-refractivity contribution in [1.29, 1.82) is 0 Å². The topological polar surface area (TPSA) is 201 Å². The molecule has 2 N–H and O–H groups in total. The molecular weight excluding hydrogens is 474 g/mol. The molecule has 15 nitrogen and oxygen atoms in total. The first-order valence-corrected chi connectivity index (χ1v) is 10.5. The number of benzene rings is 2. The van der Waals surface area contributed by atoms with Crippen molar-refractivity contribution in [3.63, 3.8) is 0 Å². The highest BCUT2D eigenvalue weighted by Gasteiger charge is 2.19. The molecule has 5 rings (SSSR count). The number of rotatable bonds is 9. The number of hydrogen-bond donors (Lipinski definition) is 2. The van der Waals surface area contributed by atoms with Crippen LogP contribution in [-0.4, -0.2) is 46.2 Å². The number of hydrogen-bond acceptors (Lipinski definition) is 12. The minimum atomic E-state index is -0.544. The predicted octanol–water partition coefficient (Wildman–Crippen LogP) is 1.78. The van der Waals surface area contributed by atoms with E-state index in [9.17, 15) is 14.9 Å². The highest BCUT2D eigenvalue weighted by molar-refractivity contribution is 5.89. The number of aryl methyl sites for hydroxylation is 1. The number of H-pyrrole nitrogens is 2. The lowest BCUT2D eigenvalue weighted by molar-refractivity contribution is -0.384. The first-order valence-electron chi connectivity index (χ1n) is 10.5. The Morgan fingerprint density at radius 3 is 2.28 bits per heavy atom. The van der Waals surface area contributed by atoms with Crippen LogP contribution in [0.1, 0.15) is 28.3 Å². The van der Waals surface area contributed by atoms with Crippen molar-refractivity contribution in [2.45, 2.75) is 26.6 Å². The molecule has 0 spiro atoms. The maximum atomic E-state index is 12.9. The molecule has 0 amide bonds. The van der Waals surface area contributed by atoms with Crippen molar-refractivity contribution < 1.29 is 18.8 Å². The minimum Gasteiger partial charge on any atom is -0.485 e. The van der Waals surface area contributed by atoms with Gasteiger partial charge in [0.15, 0.2) is 13.2 Å². The Labute approximate surface area is 200 Å². The summed E-state index contributed by atoms with van der Waals surface area (Å²) in [6.45, 7) is 1.80. The summed E-state index contributed by atoms with van der Waals surface area (Å²) >= 11 is 0. The number of tetrazole rings is 2. The number of aromatic nitrogens is 8. The number of nitro benzene ring substituents is 1. The van der Waals surface area contributed by atoms with Gasteiger partial charge in [0.25, 0.3) is 5.69 Å². The van der Waals surface area contributed by atoms with Gasteiger partial charge >= 0.3 is 5.63 Å². The van der Waals surface area contributed by atoms with Crippen molar-refractivity contribution in [1.82, 2.24) is 41.2 Å². The molecule has 182 valence electrons. The van der Waals surface area contributed by atoms with E-state index in [1.165, 1.54) is 12.1 Å². The molecule has 0 saturated heterocycles. The molecular formula is C21H17N9O6. The van der Waals surface area contributed by atoms with Crippen molar-refractivity contribution in [2.24, 2.45) is 0 Å². The molecule has 0 aliphatic rings. The zero-order valence-electron chi connectivity index (χ0n) is 18.7. The fourth-order valence-corrected chi connectivity index (χ4v) is 3.60. The van der Waals surface area contributed by atoms with E-state index in [1.54, 1.807) is 31.2 Å². The van der Waals surface area contributed by atoms with E-state index < -0.39 is 10.5 Å². The molecule has 0 fully saturated rings. The van der Waals surface area contributed by atoms with Gasteiger partial charge in [0, 0.05) is 36.2 Å². The summed E-state index contributed by atoms with van der Waals surface area (Å²) in [7, 11) is 0. The lowest BCUT2D eigenvalue weighted by atomic mass is 9.99. The number of ether oxygens (including phenoxy) is 2. The first-order chi connectivity index (χ1) is 17.5. The monoisotopic (exact) mass is 491 g/mol. The first kappa shape index (κ1) is 22.6. The third-order valence-corrected chi connectivity index (χ3v) is 5.35. The molecule has 2 aromatic carbocycles. The van der Waals surface area contributed by atoms with Crippen LogP contribution in [0, 0.1) is 17.0 Å². The third-order valence-electron chi connectivity index (χ3n) is 5.35. The Bertz CT molecular complexity index is 1560. The van der Waals surface area contributed by atoms with E-state index in [1.807, 2.05) is 0 Å². The summed E-state index contributed by atoms with van der Waals surface area (Å²) in [6.07, 6.45) is 0.211. The van der Waals surface area contributed by atoms with Crippen LogP contribution in [-0.2, 0) is 19.6 Å². The highest BCUT2D eigenvalue weighted by Crippen LogP contribution is 2.35. The number of non-ortho nitro benzene ring substituents is 1. The molecule has 0 bridgehead atoms. The van der Waals surface area contributed by atoms with Crippen molar-refractivity contribution in [2.75, 3.05) is 0 Å². The zero-order chi connectivity index (χ0) is 25.1. The lowest BCUT2D eigenvalue weighted by Gasteiger charge is -2.14. The van der Waals surface area contributed by atoms with Crippen LogP contribution in [0.25, 0.3) is 11.0 Å².